The van der Waals surface area contributed by atoms with Crippen molar-refractivity contribution < 1.29 is 9.18 Å². The van der Waals surface area contributed by atoms with E-state index in [2.05, 4.69) is 10.4 Å². The number of halogens is 2. The number of hydrogen-bond donors (Lipinski definition) is 1. The quantitative estimate of drug-likeness (QED) is 0.763. The summed E-state index contributed by atoms with van der Waals surface area (Å²) >= 11 is 6.07. The van der Waals surface area contributed by atoms with Gasteiger partial charge in [-0.2, -0.15) is 5.10 Å². The molecule has 1 amide bonds. The van der Waals surface area contributed by atoms with E-state index in [0.29, 0.717) is 5.56 Å². The van der Waals surface area contributed by atoms with Gasteiger partial charge in [0.2, 0.25) is 0 Å². The van der Waals surface area contributed by atoms with Crippen LogP contribution < -0.4 is 5.32 Å². The lowest BCUT2D eigenvalue weighted by Crippen LogP contribution is -2.14. The smallest absolute Gasteiger partial charge is 0.276 e. The predicted molar refractivity (Wildman–Crippen MR) is 89.6 cm³/mol. The number of hydrogen-bond acceptors (Lipinski definition) is 2. The van der Waals surface area contributed by atoms with Gasteiger partial charge >= 0.3 is 0 Å². The van der Waals surface area contributed by atoms with Crippen molar-refractivity contribution in [2.24, 2.45) is 7.05 Å². The van der Waals surface area contributed by atoms with Crippen LogP contribution in [-0.4, -0.2) is 15.7 Å². The van der Waals surface area contributed by atoms with Gasteiger partial charge in [0, 0.05) is 12.4 Å². The van der Waals surface area contributed by atoms with Crippen molar-refractivity contribution in [3.63, 3.8) is 0 Å². The van der Waals surface area contributed by atoms with Crippen LogP contribution in [0.4, 0.5) is 10.1 Å². The summed E-state index contributed by atoms with van der Waals surface area (Å²) in [4.78, 5) is 12.5. The van der Waals surface area contributed by atoms with Gasteiger partial charge in [0.05, 0.1) is 16.2 Å². The Hall–Kier alpha value is -2.40. The van der Waals surface area contributed by atoms with E-state index in [1.165, 1.54) is 12.1 Å². The molecule has 0 fully saturated rings. The summed E-state index contributed by atoms with van der Waals surface area (Å²) in [6.07, 6.45) is 0. The van der Waals surface area contributed by atoms with Crippen LogP contribution in [0.15, 0.2) is 30.3 Å². The molecule has 3 aromatic rings. The van der Waals surface area contributed by atoms with Crippen LogP contribution in [0.2, 0.25) is 5.02 Å². The van der Waals surface area contributed by atoms with Gasteiger partial charge in [-0.3, -0.25) is 9.48 Å². The number of amides is 1. The van der Waals surface area contributed by atoms with E-state index in [1.807, 2.05) is 25.1 Å². The lowest BCUT2D eigenvalue weighted by atomic mass is 10.1. The standard InChI is InChI=1S/C17H15ClFN3O/c1-9-4-5-15-11(6-9)16(21-22(15)3)17(23)20-14-8-13(19)10(2)7-12(14)18/h4-8H,1-3H3,(H,20,23). The van der Waals surface area contributed by atoms with Gasteiger partial charge in [-0.1, -0.05) is 23.2 Å². The highest BCUT2D eigenvalue weighted by Crippen LogP contribution is 2.27. The monoisotopic (exact) mass is 331 g/mol. The van der Waals surface area contributed by atoms with Gasteiger partial charge < -0.3 is 5.32 Å². The maximum absolute atomic E-state index is 13.7. The highest BCUT2D eigenvalue weighted by Gasteiger charge is 2.18. The molecule has 118 valence electrons. The number of rotatable bonds is 2. The summed E-state index contributed by atoms with van der Waals surface area (Å²) < 4.78 is 15.3. The van der Waals surface area contributed by atoms with Crippen LogP contribution in [0.25, 0.3) is 10.9 Å². The molecule has 0 radical (unpaired) electrons. The molecule has 0 aliphatic rings. The summed E-state index contributed by atoms with van der Waals surface area (Å²) in [7, 11) is 1.77. The summed E-state index contributed by atoms with van der Waals surface area (Å²) in [5.74, 6) is -0.849. The minimum Gasteiger partial charge on any atom is -0.319 e. The minimum absolute atomic E-state index is 0.228. The second-order valence-corrected chi connectivity index (χ2v) is 5.94. The zero-order valence-electron chi connectivity index (χ0n) is 12.9. The molecule has 2 aromatic carbocycles. The predicted octanol–water partition coefficient (Wildman–Crippen LogP) is 4.23. The van der Waals surface area contributed by atoms with Crippen molar-refractivity contribution in [1.29, 1.82) is 0 Å². The number of carbonyl (C=O) groups is 1. The number of aryl methyl sites for hydroxylation is 3. The molecule has 0 spiro atoms. The second kappa shape index (κ2) is 5.66. The summed E-state index contributed by atoms with van der Waals surface area (Å²) in [5.41, 5.74) is 2.81. The SMILES string of the molecule is Cc1ccc2c(c1)c(C(=O)Nc1cc(F)c(C)cc1Cl)nn2C. The van der Waals surface area contributed by atoms with E-state index >= 15 is 0 Å². The lowest BCUT2D eigenvalue weighted by molar-refractivity contribution is 0.102. The van der Waals surface area contributed by atoms with Gasteiger partial charge in [0.1, 0.15) is 5.82 Å². The van der Waals surface area contributed by atoms with Crippen LogP contribution >= 0.6 is 11.6 Å². The third-order valence-electron chi connectivity index (χ3n) is 3.72. The van der Waals surface area contributed by atoms with Crippen molar-refractivity contribution in [2.75, 3.05) is 5.32 Å². The van der Waals surface area contributed by atoms with Gasteiger partial charge in [0.15, 0.2) is 5.69 Å². The van der Waals surface area contributed by atoms with Crippen molar-refractivity contribution in [2.45, 2.75) is 13.8 Å². The molecule has 3 rings (SSSR count). The Bertz CT molecular complexity index is 933. The zero-order valence-corrected chi connectivity index (χ0v) is 13.7. The molecule has 0 bridgehead atoms. The van der Waals surface area contributed by atoms with E-state index in [9.17, 15) is 9.18 Å². The van der Waals surface area contributed by atoms with Gasteiger partial charge in [-0.05, 0) is 43.7 Å². The Kier molecular flexibility index (Phi) is 3.82. The third-order valence-corrected chi connectivity index (χ3v) is 4.03. The number of carbonyl (C=O) groups excluding carboxylic acids is 1. The number of anilines is 1. The largest absolute Gasteiger partial charge is 0.319 e. The fraction of sp³-hybridized carbons (Fsp3) is 0.176. The first kappa shape index (κ1) is 15.5. The Balaban J connectivity index is 2.02. The first-order chi connectivity index (χ1) is 10.9. The Morgan fingerprint density at radius 3 is 2.74 bits per heavy atom. The van der Waals surface area contributed by atoms with E-state index in [4.69, 9.17) is 11.6 Å². The number of nitrogens with one attached hydrogen (secondary N) is 1. The molecule has 0 aliphatic carbocycles. The maximum Gasteiger partial charge on any atom is 0.276 e. The van der Waals surface area contributed by atoms with E-state index < -0.39 is 11.7 Å². The molecule has 6 heteroatoms. The molecule has 0 unspecified atom stereocenters. The third kappa shape index (κ3) is 2.80. The van der Waals surface area contributed by atoms with E-state index in [1.54, 1.807) is 18.7 Å². The van der Waals surface area contributed by atoms with Gasteiger partial charge in [-0.15, -0.1) is 0 Å². The number of benzene rings is 2. The summed E-state index contributed by atoms with van der Waals surface area (Å²) in [6.45, 7) is 3.56. The van der Waals surface area contributed by atoms with Crippen molar-refractivity contribution >= 4 is 34.1 Å². The molecule has 4 nitrogen and oxygen atoms in total. The van der Waals surface area contributed by atoms with Crippen LogP contribution in [0.3, 0.4) is 0 Å². The fourth-order valence-electron chi connectivity index (χ4n) is 2.47. The van der Waals surface area contributed by atoms with Crippen LogP contribution in [0.5, 0.6) is 0 Å². The molecule has 1 N–H and O–H groups in total. The van der Waals surface area contributed by atoms with E-state index in [0.717, 1.165) is 16.5 Å². The second-order valence-electron chi connectivity index (χ2n) is 5.53. The molecule has 1 aromatic heterocycles. The molecule has 1 heterocycles. The molecule has 23 heavy (non-hydrogen) atoms. The Morgan fingerprint density at radius 2 is 2.00 bits per heavy atom. The molecule has 0 atom stereocenters. The average molecular weight is 332 g/mol. The van der Waals surface area contributed by atoms with Crippen molar-refractivity contribution in [3.8, 4) is 0 Å². The van der Waals surface area contributed by atoms with Crippen LogP contribution in [0, 0.1) is 19.7 Å². The summed E-state index contributed by atoms with van der Waals surface area (Å²) in [5, 5.41) is 7.93. The minimum atomic E-state index is -0.425. The molecular weight excluding hydrogens is 317 g/mol. The highest BCUT2D eigenvalue weighted by molar-refractivity contribution is 6.34. The summed E-state index contributed by atoms with van der Waals surface area (Å²) in [6, 6.07) is 8.46. The Labute approximate surface area is 137 Å². The normalized spacial score (nSPS) is 11.0. The van der Waals surface area contributed by atoms with Gasteiger partial charge in [0.25, 0.3) is 5.91 Å². The van der Waals surface area contributed by atoms with Crippen molar-refractivity contribution in [3.05, 3.63) is 58.0 Å². The Morgan fingerprint density at radius 1 is 1.26 bits per heavy atom. The molecular formula is C17H15ClFN3O. The molecule has 0 saturated heterocycles. The first-order valence-corrected chi connectivity index (χ1v) is 7.45. The van der Waals surface area contributed by atoms with Crippen LogP contribution in [0.1, 0.15) is 21.6 Å². The number of nitrogens with zero attached hydrogens (tertiary/aromatic N) is 2. The van der Waals surface area contributed by atoms with Crippen LogP contribution in [-0.2, 0) is 7.05 Å². The lowest BCUT2D eigenvalue weighted by Gasteiger charge is -2.08. The molecule has 0 aliphatic heterocycles. The maximum atomic E-state index is 13.7. The highest BCUT2D eigenvalue weighted by atomic mass is 35.5. The van der Waals surface area contributed by atoms with Crippen molar-refractivity contribution in [1.82, 2.24) is 9.78 Å². The number of aromatic nitrogens is 2. The number of fused-ring (bicyclic) bond motifs is 1. The average Bonchev–Trinajstić information content (AvgIpc) is 2.81. The van der Waals surface area contributed by atoms with E-state index in [-0.39, 0.29) is 16.4 Å². The molecule has 0 saturated carbocycles. The first-order valence-electron chi connectivity index (χ1n) is 7.07. The fourth-order valence-corrected chi connectivity index (χ4v) is 2.74. The van der Waals surface area contributed by atoms with Gasteiger partial charge in [-0.25, -0.2) is 4.39 Å². The zero-order chi connectivity index (χ0) is 16.7. The topological polar surface area (TPSA) is 46.9 Å².